The van der Waals surface area contributed by atoms with Gasteiger partial charge in [-0.3, -0.25) is 4.79 Å². The van der Waals surface area contributed by atoms with Crippen LogP contribution in [0.1, 0.15) is 59.4 Å². The third-order valence-electron chi connectivity index (χ3n) is 5.39. The van der Waals surface area contributed by atoms with Crippen molar-refractivity contribution in [1.29, 1.82) is 0 Å². The molecule has 2 aromatic rings. The number of hydrogen-bond acceptors (Lipinski definition) is 3. The van der Waals surface area contributed by atoms with Crippen molar-refractivity contribution in [3.05, 3.63) is 69.8 Å². The molecule has 3 nitrogen and oxygen atoms in total. The largest absolute Gasteiger partial charge is 0.431 e. The van der Waals surface area contributed by atoms with Crippen LogP contribution in [0.4, 0.5) is 39.5 Å². The first-order valence-corrected chi connectivity index (χ1v) is 10.1. The Bertz CT molecular complexity index is 1020. The van der Waals surface area contributed by atoms with E-state index in [0.29, 0.717) is 12.1 Å². The Morgan fingerprint density at radius 3 is 1.57 bits per heavy atom. The van der Waals surface area contributed by atoms with Gasteiger partial charge in [0.1, 0.15) is 0 Å². The van der Waals surface area contributed by atoms with Gasteiger partial charge < -0.3 is 9.47 Å². The molecular formula is C23H21F9O3. The highest BCUT2D eigenvalue weighted by Gasteiger charge is 2.38. The highest BCUT2D eigenvalue weighted by atomic mass is 19.4. The summed E-state index contributed by atoms with van der Waals surface area (Å²) in [5, 5.41) is 0. The average molecular weight is 516 g/mol. The van der Waals surface area contributed by atoms with Gasteiger partial charge in [0.15, 0.2) is 0 Å². The molecule has 3 atom stereocenters. The molecule has 0 aliphatic heterocycles. The van der Waals surface area contributed by atoms with Crippen LogP contribution < -0.4 is 0 Å². The second kappa shape index (κ2) is 10.1. The third-order valence-corrected chi connectivity index (χ3v) is 5.39. The molecule has 194 valence electrons. The van der Waals surface area contributed by atoms with Crippen molar-refractivity contribution in [2.75, 3.05) is 7.11 Å². The molecule has 0 saturated carbocycles. The van der Waals surface area contributed by atoms with E-state index in [0.717, 1.165) is 19.2 Å². The second-order valence-corrected chi connectivity index (χ2v) is 8.05. The lowest BCUT2D eigenvalue weighted by molar-refractivity contribution is -0.180. The monoisotopic (exact) mass is 516 g/mol. The number of ether oxygens (including phenoxy) is 2. The topological polar surface area (TPSA) is 35.5 Å². The zero-order chi connectivity index (χ0) is 26.9. The summed E-state index contributed by atoms with van der Waals surface area (Å²) in [5.41, 5.74) is -4.46. The molecule has 0 aliphatic carbocycles. The van der Waals surface area contributed by atoms with Crippen LogP contribution in [0, 0.1) is 12.8 Å². The molecule has 0 amide bonds. The van der Waals surface area contributed by atoms with Gasteiger partial charge in [-0.25, -0.2) is 0 Å². The summed E-state index contributed by atoms with van der Waals surface area (Å²) in [7, 11) is 0.912. The van der Waals surface area contributed by atoms with E-state index in [4.69, 9.17) is 9.47 Å². The summed E-state index contributed by atoms with van der Waals surface area (Å²) >= 11 is 0. The predicted molar refractivity (Wildman–Crippen MR) is 106 cm³/mol. The summed E-state index contributed by atoms with van der Waals surface area (Å²) in [4.78, 5) is 12.7. The Morgan fingerprint density at radius 1 is 0.714 bits per heavy atom. The van der Waals surface area contributed by atoms with Gasteiger partial charge in [-0.05, 0) is 48.7 Å². The number of methoxy groups -OCH3 is 1. The molecule has 0 heterocycles. The zero-order valence-electron chi connectivity index (χ0n) is 18.8. The average Bonchev–Trinajstić information content (AvgIpc) is 2.73. The van der Waals surface area contributed by atoms with Crippen molar-refractivity contribution in [2.45, 2.75) is 51.5 Å². The Hall–Kier alpha value is -2.76. The number of esters is 1. The molecule has 35 heavy (non-hydrogen) atoms. The quantitative estimate of drug-likeness (QED) is 0.225. The first-order chi connectivity index (χ1) is 15.8. The molecule has 0 bridgehead atoms. The lowest BCUT2D eigenvalue weighted by Crippen LogP contribution is -2.24. The van der Waals surface area contributed by atoms with Crippen LogP contribution in [0.5, 0.6) is 0 Å². The first-order valence-electron chi connectivity index (χ1n) is 10.1. The highest BCUT2D eigenvalue weighted by Crippen LogP contribution is 2.39. The van der Waals surface area contributed by atoms with Gasteiger partial charge in [-0.1, -0.05) is 25.5 Å². The summed E-state index contributed by atoms with van der Waals surface area (Å²) in [6.07, 6.45) is -16.8. The molecule has 12 heteroatoms. The number of aryl methyl sites for hydroxylation is 1. The van der Waals surface area contributed by atoms with E-state index in [1.54, 1.807) is 0 Å². The summed E-state index contributed by atoms with van der Waals surface area (Å²) < 4.78 is 128. The lowest BCUT2D eigenvalue weighted by Gasteiger charge is -2.24. The van der Waals surface area contributed by atoms with E-state index in [1.807, 2.05) is 0 Å². The molecule has 0 aromatic heterocycles. The van der Waals surface area contributed by atoms with Crippen LogP contribution in [0.2, 0.25) is 0 Å². The molecule has 0 N–H and O–H groups in total. The molecule has 0 spiro atoms. The van der Waals surface area contributed by atoms with Crippen molar-refractivity contribution < 1.29 is 53.8 Å². The fourth-order valence-corrected chi connectivity index (χ4v) is 3.31. The van der Waals surface area contributed by atoms with Gasteiger partial charge in [0.25, 0.3) is 0 Å². The van der Waals surface area contributed by atoms with E-state index in [-0.39, 0.29) is 17.2 Å². The van der Waals surface area contributed by atoms with E-state index < -0.39 is 64.9 Å². The van der Waals surface area contributed by atoms with Crippen molar-refractivity contribution >= 4 is 5.97 Å². The maximum Gasteiger partial charge on any atom is 0.416 e. The van der Waals surface area contributed by atoms with Crippen molar-refractivity contribution in [2.24, 2.45) is 5.92 Å². The SMILES string of the molecule is COC(OC(=O)C(C)C(C)c1cc(C)cc(C(F)(F)F)c1)c1cc(C(F)(F)F)cc(C(F)(F)F)c1. The number of benzene rings is 2. The van der Waals surface area contributed by atoms with Crippen LogP contribution in [-0.2, 0) is 32.8 Å². The summed E-state index contributed by atoms with van der Waals surface area (Å²) in [6, 6.07) is 3.85. The Kier molecular flexibility index (Phi) is 8.20. The number of halogens is 9. The maximum absolute atomic E-state index is 13.1. The predicted octanol–water partition coefficient (Wildman–Crippen LogP) is 7.68. The van der Waals surface area contributed by atoms with Gasteiger partial charge in [0.2, 0.25) is 6.29 Å². The van der Waals surface area contributed by atoms with Crippen molar-refractivity contribution in [3.63, 3.8) is 0 Å². The first kappa shape index (κ1) is 28.5. The smallest absolute Gasteiger partial charge is 0.416 e. The minimum Gasteiger partial charge on any atom is -0.431 e. The lowest BCUT2D eigenvalue weighted by atomic mass is 9.87. The number of carbonyl (C=O) groups excluding carboxylic acids is 1. The van der Waals surface area contributed by atoms with Crippen molar-refractivity contribution in [1.82, 2.24) is 0 Å². The molecule has 3 unspecified atom stereocenters. The number of hydrogen-bond donors (Lipinski definition) is 0. The molecule has 0 aliphatic rings. The van der Waals surface area contributed by atoms with Gasteiger partial charge in [-0.15, -0.1) is 0 Å². The molecule has 2 aromatic carbocycles. The Morgan fingerprint density at radius 2 is 1.14 bits per heavy atom. The van der Waals surface area contributed by atoms with E-state index in [1.165, 1.54) is 26.8 Å². The fraction of sp³-hybridized carbons (Fsp3) is 0.435. The molecule has 0 saturated heterocycles. The highest BCUT2D eigenvalue weighted by molar-refractivity contribution is 5.73. The summed E-state index contributed by atoms with van der Waals surface area (Å²) in [5.74, 6) is -3.05. The molecule has 2 rings (SSSR count). The van der Waals surface area contributed by atoms with Crippen LogP contribution in [0.3, 0.4) is 0 Å². The zero-order valence-corrected chi connectivity index (χ0v) is 18.8. The minimum atomic E-state index is -5.12. The van der Waals surface area contributed by atoms with Crippen LogP contribution in [-0.4, -0.2) is 13.1 Å². The normalized spacial score (nSPS) is 15.5. The molecule has 0 radical (unpaired) electrons. The van der Waals surface area contributed by atoms with E-state index in [9.17, 15) is 44.3 Å². The Balaban J connectivity index is 2.35. The maximum atomic E-state index is 13.1. The third kappa shape index (κ3) is 7.12. The van der Waals surface area contributed by atoms with Crippen molar-refractivity contribution in [3.8, 4) is 0 Å². The fourth-order valence-electron chi connectivity index (χ4n) is 3.31. The number of carbonyl (C=O) groups is 1. The van der Waals surface area contributed by atoms with Crippen LogP contribution in [0.15, 0.2) is 36.4 Å². The number of rotatable bonds is 6. The van der Waals surface area contributed by atoms with Gasteiger partial charge in [0, 0.05) is 12.7 Å². The molecule has 0 fully saturated rings. The van der Waals surface area contributed by atoms with Crippen LogP contribution in [0.25, 0.3) is 0 Å². The summed E-state index contributed by atoms with van der Waals surface area (Å²) in [6.45, 7) is 4.18. The second-order valence-electron chi connectivity index (χ2n) is 8.05. The minimum absolute atomic E-state index is 0.0846. The van der Waals surface area contributed by atoms with E-state index in [2.05, 4.69) is 0 Å². The standard InChI is InChI=1S/C23H21F9O3/c1-11-5-14(7-16(6-11)21(24,25)26)12(2)13(3)19(33)35-20(34-4)15-8-17(22(27,28)29)10-18(9-15)23(30,31)32/h5-10,12-13,20H,1-4H3. The van der Waals surface area contributed by atoms with E-state index >= 15 is 0 Å². The van der Waals surface area contributed by atoms with Gasteiger partial charge in [0.05, 0.1) is 22.6 Å². The van der Waals surface area contributed by atoms with Gasteiger partial charge >= 0.3 is 24.5 Å². The number of alkyl halides is 9. The molecular weight excluding hydrogens is 495 g/mol. The van der Waals surface area contributed by atoms with Gasteiger partial charge in [-0.2, -0.15) is 39.5 Å². The van der Waals surface area contributed by atoms with Crippen LogP contribution >= 0.6 is 0 Å². The Labute approximate surface area is 194 Å².